The molecule has 0 aliphatic carbocycles. The van der Waals surface area contributed by atoms with E-state index >= 15 is 0 Å². The number of methoxy groups -OCH3 is 1. The minimum atomic E-state index is -4.63. The first-order valence-electron chi connectivity index (χ1n) is 9.86. The summed E-state index contributed by atoms with van der Waals surface area (Å²) in [5.41, 5.74) is 1.67. The van der Waals surface area contributed by atoms with E-state index in [9.17, 15) is 18.0 Å². The normalized spacial score (nSPS) is 18.7. The van der Waals surface area contributed by atoms with Crippen LogP contribution < -0.4 is 10.2 Å². The van der Waals surface area contributed by atoms with Gasteiger partial charge in [0.1, 0.15) is 0 Å². The molecule has 0 spiro atoms. The molecule has 0 bridgehead atoms. The van der Waals surface area contributed by atoms with Crippen molar-refractivity contribution in [1.82, 2.24) is 0 Å². The van der Waals surface area contributed by atoms with Crippen LogP contribution in [0.4, 0.5) is 24.5 Å². The monoisotopic (exact) mass is 431 g/mol. The van der Waals surface area contributed by atoms with Crippen molar-refractivity contribution < 1.29 is 22.7 Å². The molecule has 5 nitrogen and oxygen atoms in total. The van der Waals surface area contributed by atoms with Crippen molar-refractivity contribution in [3.63, 3.8) is 0 Å². The lowest BCUT2D eigenvalue weighted by atomic mass is 9.96. The van der Waals surface area contributed by atoms with Crippen molar-refractivity contribution in [2.45, 2.75) is 20.0 Å². The quantitative estimate of drug-likeness (QED) is 0.756. The lowest BCUT2D eigenvalue weighted by Crippen LogP contribution is -2.31. The van der Waals surface area contributed by atoms with Gasteiger partial charge in [-0.1, -0.05) is 6.07 Å². The summed E-state index contributed by atoms with van der Waals surface area (Å²) in [5.74, 6) is -0.828. The molecular formula is C23H24F3N3O2. The van der Waals surface area contributed by atoms with Crippen LogP contribution >= 0.6 is 0 Å². The number of rotatable bonds is 5. The van der Waals surface area contributed by atoms with Gasteiger partial charge in [-0.25, -0.2) is 0 Å². The maximum Gasteiger partial charge on any atom is 0.417 e. The van der Waals surface area contributed by atoms with Crippen LogP contribution in [0, 0.1) is 37.0 Å². The van der Waals surface area contributed by atoms with E-state index in [1.54, 1.807) is 11.0 Å². The minimum absolute atomic E-state index is 0.180. The molecule has 31 heavy (non-hydrogen) atoms. The first-order valence-corrected chi connectivity index (χ1v) is 9.86. The standard InChI is InChI=1S/C23H24F3N3O2/c1-14-6-15(2)8-18(7-14)28-22(30)20-12-29(11-17(20)13-31-3)19-5-4-16(10-27)21(9-19)23(24,25)26/h4-9,17,20H,11-13H2,1-3H3,(H,28,30)/t17-,20+/m1/s1. The van der Waals surface area contributed by atoms with Gasteiger partial charge in [-0.2, -0.15) is 18.4 Å². The number of amides is 1. The number of ether oxygens (including phenoxy) is 1. The Morgan fingerprint density at radius 1 is 1.19 bits per heavy atom. The zero-order valence-corrected chi connectivity index (χ0v) is 17.6. The number of benzene rings is 2. The predicted molar refractivity (Wildman–Crippen MR) is 112 cm³/mol. The number of carbonyl (C=O) groups excluding carboxylic acids is 1. The van der Waals surface area contributed by atoms with Crippen LogP contribution in [0.2, 0.25) is 0 Å². The number of aryl methyl sites for hydroxylation is 2. The van der Waals surface area contributed by atoms with Gasteiger partial charge in [0.2, 0.25) is 5.91 Å². The van der Waals surface area contributed by atoms with Gasteiger partial charge in [0, 0.05) is 37.5 Å². The molecule has 2 atom stereocenters. The summed E-state index contributed by atoms with van der Waals surface area (Å²) in [4.78, 5) is 14.8. The lowest BCUT2D eigenvalue weighted by molar-refractivity contribution is -0.137. The minimum Gasteiger partial charge on any atom is -0.384 e. The van der Waals surface area contributed by atoms with Crippen LogP contribution in [0.3, 0.4) is 0 Å². The lowest BCUT2D eigenvalue weighted by Gasteiger charge is -2.20. The smallest absolute Gasteiger partial charge is 0.384 e. The maximum atomic E-state index is 13.4. The molecule has 1 saturated heterocycles. The van der Waals surface area contributed by atoms with E-state index in [-0.39, 0.29) is 18.4 Å². The number of hydrogen-bond acceptors (Lipinski definition) is 4. The Morgan fingerprint density at radius 3 is 2.45 bits per heavy atom. The van der Waals surface area contributed by atoms with Crippen LogP contribution in [0.1, 0.15) is 22.3 Å². The first-order chi connectivity index (χ1) is 14.6. The Kier molecular flexibility index (Phi) is 6.56. The Bertz CT molecular complexity index is 994. The topological polar surface area (TPSA) is 65.4 Å². The van der Waals surface area contributed by atoms with Gasteiger partial charge in [0.15, 0.2) is 0 Å². The Morgan fingerprint density at radius 2 is 1.87 bits per heavy atom. The van der Waals surface area contributed by atoms with E-state index in [1.165, 1.54) is 19.2 Å². The molecule has 1 fully saturated rings. The highest BCUT2D eigenvalue weighted by molar-refractivity contribution is 5.93. The molecule has 164 valence electrons. The third-order valence-corrected chi connectivity index (χ3v) is 5.44. The van der Waals surface area contributed by atoms with Crippen molar-refractivity contribution in [2.75, 3.05) is 37.0 Å². The SMILES string of the molecule is COC[C@H]1CN(c2ccc(C#N)c(C(F)(F)F)c2)C[C@@H]1C(=O)Nc1cc(C)cc(C)c1. The number of nitrogens with zero attached hydrogens (tertiary/aromatic N) is 2. The third kappa shape index (κ3) is 5.17. The highest BCUT2D eigenvalue weighted by atomic mass is 19.4. The molecule has 1 aliphatic heterocycles. The summed E-state index contributed by atoms with van der Waals surface area (Å²) in [5, 5.41) is 11.9. The second-order valence-corrected chi connectivity index (χ2v) is 7.93. The van der Waals surface area contributed by atoms with Crippen molar-refractivity contribution in [3.05, 3.63) is 58.7 Å². The van der Waals surface area contributed by atoms with Gasteiger partial charge in [-0.05, 0) is 55.3 Å². The van der Waals surface area contributed by atoms with E-state index < -0.39 is 23.2 Å². The zero-order valence-electron chi connectivity index (χ0n) is 17.6. The van der Waals surface area contributed by atoms with E-state index in [0.29, 0.717) is 24.5 Å². The molecular weight excluding hydrogens is 407 g/mol. The third-order valence-electron chi connectivity index (χ3n) is 5.44. The first kappa shape index (κ1) is 22.6. The Labute approximate surface area is 179 Å². The van der Waals surface area contributed by atoms with E-state index in [0.717, 1.165) is 17.2 Å². The molecule has 1 amide bonds. The summed E-state index contributed by atoms with van der Waals surface area (Å²) in [6, 6.07) is 11.0. The molecule has 1 heterocycles. The largest absolute Gasteiger partial charge is 0.417 e. The van der Waals surface area contributed by atoms with Crippen molar-refractivity contribution in [1.29, 1.82) is 5.26 Å². The molecule has 2 aromatic rings. The highest BCUT2D eigenvalue weighted by Crippen LogP contribution is 2.36. The number of nitriles is 1. The van der Waals surface area contributed by atoms with Gasteiger partial charge in [0.25, 0.3) is 0 Å². The average molecular weight is 431 g/mol. The Balaban J connectivity index is 1.84. The fourth-order valence-electron chi connectivity index (χ4n) is 4.10. The van der Waals surface area contributed by atoms with Crippen LogP contribution in [-0.4, -0.2) is 32.7 Å². The van der Waals surface area contributed by atoms with E-state index in [2.05, 4.69) is 5.32 Å². The van der Waals surface area contributed by atoms with Gasteiger partial charge in [-0.3, -0.25) is 4.79 Å². The van der Waals surface area contributed by atoms with Crippen LogP contribution in [0.5, 0.6) is 0 Å². The molecule has 0 radical (unpaired) electrons. The summed E-state index contributed by atoms with van der Waals surface area (Å²) < 4.78 is 45.3. The van der Waals surface area contributed by atoms with Gasteiger partial charge < -0.3 is 15.0 Å². The molecule has 8 heteroatoms. The van der Waals surface area contributed by atoms with Gasteiger partial charge in [-0.15, -0.1) is 0 Å². The maximum absolute atomic E-state index is 13.4. The fourth-order valence-corrected chi connectivity index (χ4v) is 4.10. The number of anilines is 2. The van der Waals surface area contributed by atoms with Gasteiger partial charge >= 0.3 is 6.18 Å². The molecule has 0 saturated carbocycles. The molecule has 3 rings (SSSR count). The van der Waals surface area contributed by atoms with Crippen molar-refractivity contribution in [3.8, 4) is 6.07 Å². The van der Waals surface area contributed by atoms with Crippen molar-refractivity contribution in [2.24, 2.45) is 11.8 Å². The summed E-state index contributed by atoms with van der Waals surface area (Å²) in [7, 11) is 1.53. The molecule has 2 aromatic carbocycles. The second kappa shape index (κ2) is 8.98. The molecule has 1 aliphatic rings. The van der Waals surface area contributed by atoms with Gasteiger partial charge in [0.05, 0.1) is 29.7 Å². The number of hydrogen-bond donors (Lipinski definition) is 1. The number of halogens is 3. The Hall–Kier alpha value is -3.05. The van der Waals surface area contributed by atoms with Crippen LogP contribution in [0.15, 0.2) is 36.4 Å². The van der Waals surface area contributed by atoms with E-state index in [4.69, 9.17) is 10.00 Å². The van der Waals surface area contributed by atoms with Crippen molar-refractivity contribution >= 4 is 17.3 Å². The fraction of sp³-hybridized carbons (Fsp3) is 0.391. The average Bonchev–Trinajstić information content (AvgIpc) is 3.10. The second-order valence-electron chi connectivity index (χ2n) is 7.93. The van der Waals surface area contributed by atoms with E-state index in [1.807, 2.05) is 32.0 Å². The molecule has 0 unspecified atom stereocenters. The molecule has 0 aromatic heterocycles. The number of nitrogens with one attached hydrogen (secondary N) is 1. The number of carbonyl (C=O) groups is 1. The summed E-state index contributed by atoms with van der Waals surface area (Å²) in [6.45, 7) is 4.83. The molecule has 1 N–H and O–H groups in total. The highest BCUT2D eigenvalue weighted by Gasteiger charge is 2.39. The van der Waals surface area contributed by atoms with Crippen LogP contribution in [0.25, 0.3) is 0 Å². The van der Waals surface area contributed by atoms with Crippen LogP contribution in [-0.2, 0) is 15.7 Å². The zero-order chi connectivity index (χ0) is 22.8. The summed E-state index contributed by atoms with van der Waals surface area (Å²) >= 11 is 0. The summed E-state index contributed by atoms with van der Waals surface area (Å²) in [6.07, 6.45) is -4.63. The number of alkyl halides is 3. The predicted octanol–water partition coefficient (Wildman–Crippen LogP) is 4.53.